The van der Waals surface area contributed by atoms with Crippen molar-refractivity contribution in [2.75, 3.05) is 0 Å². The second-order valence-corrected chi connectivity index (χ2v) is 3.31. The molecule has 1 aliphatic carbocycles. The molecule has 14 heavy (non-hydrogen) atoms. The van der Waals surface area contributed by atoms with E-state index in [0.717, 1.165) is 12.0 Å². The Labute approximate surface area is 84.2 Å². The van der Waals surface area contributed by atoms with Crippen LogP contribution < -0.4 is 0 Å². The highest BCUT2D eigenvalue weighted by Crippen LogP contribution is 2.12. The van der Waals surface area contributed by atoms with Crippen molar-refractivity contribution >= 4 is 6.08 Å². The number of H-pyrrole nitrogens is 1. The molecule has 1 heteroatoms. The molecule has 1 aromatic rings. The summed E-state index contributed by atoms with van der Waals surface area (Å²) in [5, 5.41) is 0. The first kappa shape index (κ1) is 8.82. The Morgan fingerprint density at radius 1 is 1.14 bits per heavy atom. The predicted octanol–water partition coefficient (Wildman–Crippen LogP) is 3.25. The lowest BCUT2D eigenvalue weighted by atomic mass is 10.1. The van der Waals surface area contributed by atoms with Gasteiger partial charge in [-0.25, -0.2) is 0 Å². The SMILES string of the molecule is C=C1/C=C\C=C/Cc2[nH]ccc2/C=C\1. The minimum atomic E-state index is 0.948. The van der Waals surface area contributed by atoms with Crippen molar-refractivity contribution in [2.45, 2.75) is 6.42 Å². The van der Waals surface area contributed by atoms with E-state index in [9.17, 15) is 0 Å². The molecule has 0 saturated heterocycles. The molecule has 1 nitrogen and oxygen atoms in total. The molecule has 0 saturated carbocycles. The number of hydrogen-bond donors (Lipinski definition) is 1. The van der Waals surface area contributed by atoms with Crippen LogP contribution in [0.15, 0.2) is 54.8 Å². The molecule has 70 valence electrons. The van der Waals surface area contributed by atoms with Crippen LogP contribution in [0, 0.1) is 0 Å². The number of aromatic nitrogens is 1. The third kappa shape index (κ3) is 1.94. The molecular weight excluding hydrogens is 170 g/mol. The van der Waals surface area contributed by atoms with Crippen molar-refractivity contribution in [1.82, 2.24) is 4.98 Å². The summed E-state index contributed by atoms with van der Waals surface area (Å²) in [4.78, 5) is 3.23. The van der Waals surface area contributed by atoms with E-state index in [1.165, 1.54) is 11.3 Å². The van der Waals surface area contributed by atoms with Gasteiger partial charge in [-0.2, -0.15) is 0 Å². The summed E-state index contributed by atoms with van der Waals surface area (Å²) in [5.74, 6) is 0. The summed E-state index contributed by atoms with van der Waals surface area (Å²) >= 11 is 0. The minimum Gasteiger partial charge on any atom is -0.364 e. The topological polar surface area (TPSA) is 15.8 Å². The molecule has 0 fully saturated rings. The molecule has 0 aliphatic heterocycles. The summed E-state index contributed by atoms with van der Waals surface area (Å²) in [6, 6.07) is 2.08. The first-order chi connectivity index (χ1) is 6.86. The molecule has 1 N–H and O–H groups in total. The molecule has 0 radical (unpaired) electrons. The van der Waals surface area contributed by atoms with E-state index >= 15 is 0 Å². The van der Waals surface area contributed by atoms with Gasteiger partial charge in [0.1, 0.15) is 0 Å². The predicted molar refractivity (Wildman–Crippen MR) is 61.0 cm³/mol. The van der Waals surface area contributed by atoms with Crippen molar-refractivity contribution in [3.05, 3.63) is 66.1 Å². The van der Waals surface area contributed by atoms with E-state index in [0.29, 0.717) is 0 Å². The summed E-state index contributed by atoms with van der Waals surface area (Å²) in [5.41, 5.74) is 3.51. The zero-order valence-electron chi connectivity index (χ0n) is 8.03. The number of hydrogen-bond acceptors (Lipinski definition) is 0. The summed E-state index contributed by atoms with van der Waals surface area (Å²) in [6.45, 7) is 3.93. The van der Waals surface area contributed by atoms with Gasteiger partial charge in [-0.05, 0) is 17.2 Å². The highest BCUT2D eigenvalue weighted by atomic mass is 14.7. The van der Waals surface area contributed by atoms with Gasteiger partial charge in [0, 0.05) is 18.3 Å². The largest absolute Gasteiger partial charge is 0.364 e. The number of aromatic amines is 1. The van der Waals surface area contributed by atoms with E-state index in [1.54, 1.807) is 0 Å². The van der Waals surface area contributed by atoms with Crippen molar-refractivity contribution in [1.29, 1.82) is 0 Å². The first-order valence-electron chi connectivity index (χ1n) is 4.73. The lowest BCUT2D eigenvalue weighted by Gasteiger charge is -1.97. The van der Waals surface area contributed by atoms with E-state index in [1.807, 2.05) is 24.4 Å². The van der Waals surface area contributed by atoms with E-state index < -0.39 is 0 Å². The zero-order chi connectivity index (χ0) is 9.80. The maximum Gasteiger partial charge on any atom is 0.0259 e. The monoisotopic (exact) mass is 183 g/mol. The fourth-order valence-electron chi connectivity index (χ4n) is 1.44. The molecule has 2 rings (SSSR count). The fraction of sp³-hybridized carbons (Fsp3) is 0.0769. The van der Waals surface area contributed by atoms with Crippen LogP contribution >= 0.6 is 0 Å². The van der Waals surface area contributed by atoms with Gasteiger partial charge in [0.2, 0.25) is 0 Å². The molecule has 0 unspecified atom stereocenters. The third-order valence-electron chi connectivity index (χ3n) is 2.23. The van der Waals surface area contributed by atoms with Crippen LogP contribution in [-0.2, 0) is 6.42 Å². The third-order valence-corrected chi connectivity index (χ3v) is 2.23. The van der Waals surface area contributed by atoms with Crippen molar-refractivity contribution < 1.29 is 0 Å². The van der Waals surface area contributed by atoms with Crippen LogP contribution in [0.25, 0.3) is 6.08 Å². The number of fused-ring (bicyclic) bond motifs is 1. The van der Waals surface area contributed by atoms with Gasteiger partial charge in [-0.1, -0.05) is 43.0 Å². The van der Waals surface area contributed by atoms with Gasteiger partial charge in [0.05, 0.1) is 0 Å². The number of allylic oxidation sites excluding steroid dienone is 6. The van der Waals surface area contributed by atoms with Gasteiger partial charge in [0.15, 0.2) is 0 Å². The summed E-state index contributed by atoms with van der Waals surface area (Å²) < 4.78 is 0. The lowest BCUT2D eigenvalue weighted by molar-refractivity contribution is 1.14. The Balaban J connectivity index is 2.37. The number of nitrogens with one attached hydrogen (secondary N) is 1. The zero-order valence-corrected chi connectivity index (χ0v) is 8.03. The van der Waals surface area contributed by atoms with Gasteiger partial charge >= 0.3 is 0 Å². The van der Waals surface area contributed by atoms with Crippen LogP contribution in [-0.4, -0.2) is 4.98 Å². The average Bonchev–Trinajstić information content (AvgIpc) is 2.62. The molecule has 0 atom stereocenters. The highest BCUT2D eigenvalue weighted by molar-refractivity contribution is 5.57. The Kier molecular flexibility index (Phi) is 2.50. The van der Waals surface area contributed by atoms with Gasteiger partial charge in [0.25, 0.3) is 0 Å². The van der Waals surface area contributed by atoms with Crippen LogP contribution in [0.3, 0.4) is 0 Å². The molecule has 0 amide bonds. The Bertz CT molecular complexity index is 416. The van der Waals surface area contributed by atoms with E-state index in [2.05, 4.69) is 35.9 Å². The minimum absolute atomic E-state index is 0.948. The maximum absolute atomic E-state index is 3.93. The quantitative estimate of drug-likeness (QED) is 0.635. The summed E-state index contributed by atoms with van der Waals surface area (Å²) in [7, 11) is 0. The molecule has 0 bridgehead atoms. The van der Waals surface area contributed by atoms with Gasteiger partial charge in [-0.3, -0.25) is 0 Å². The fourth-order valence-corrected chi connectivity index (χ4v) is 1.44. The van der Waals surface area contributed by atoms with E-state index in [-0.39, 0.29) is 0 Å². The van der Waals surface area contributed by atoms with E-state index in [4.69, 9.17) is 0 Å². The Hall–Kier alpha value is -1.76. The van der Waals surface area contributed by atoms with Crippen molar-refractivity contribution in [2.24, 2.45) is 0 Å². The molecule has 1 aromatic heterocycles. The van der Waals surface area contributed by atoms with Gasteiger partial charge in [-0.15, -0.1) is 0 Å². The second-order valence-electron chi connectivity index (χ2n) is 3.31. The normalized spacial score (nSPS) is 22.4. The maximum atomic E-state index is 3.93. The van der Waals surface area contributed by atoms with Gasteiger partial charge < -0.3 is 4.98 Å². The number of rotatable bonds is 0. The molecule has 1 heterocycles. The van der Waals surface area contributed by atoms with Crippen LogP contribution in [0.1, 0.15) is 11.3 Å². The lowest BCUT2D eigenvalue weighted by Crippen LogP contribution is -1.84. The molecule has 0 aromatic carbocycles. The molecule has 0 spiro atoms. The smallest absolute Gasteiger partial charge is 0.0259 e. The van der Waals surface area contributed by atoms with Crippen molar-refractivity contribution in [3.63, 3.8) is 0 Å². The summed E-state index contributed by atoms with van der Waals surface area (Å²) in [6.07, 6.45) is 15.2. The van der Waals surface area contributed by atoms with Crippen LogP contribution in [0.4, 0.5) is 0 Å². The standard InChI is InChI=1S/C13H13N/c1-11-5-3-2-4-6-13-12(8-7-11)9-10-14-13/h2-5,7-10,14H,1,6H2/b4-2-,5-3-,8-7-. The average molecular weight is 183 g/mol. The highest BCUT2D eigenvalue weighted by Gasteiger charge is 1.98. The van der Waals surface area contributed by atoms with Crippen LogP contribution in [0.2, 0.25) is 0 Å². The van der Waals surface area contributed by atoms with Crippen molar-refractivity contribution in [3.8, 4) is 0 Å². The Morgan fingerprint density at radius 3 is 3.00 bits per heavy atom. The Morgan fingerprint density at radius 2 is 2.07 bits per heavy atom. The van der Waals surface area contributed by atoms with Crippen LogP contribution in [0.5, 0.6) is 0 Å². The molecular formula is C13H13N. The first-order valence-corrected chi connectivity index (χ1v) is 4.73. The molecule has 1 aliphatic rings. The second kappa shape index (κ2) is 3.97.